The number of aliphatic hydroxyl groups excluding tert-OH is 1. The minimum absolute atomic E-state index is 0.0437. The van der Waals surface area contributed by atoms with Crippen LogP contribution < -0.4 is 10.2 Å². The van der Waals surface area contributed by atoms with Crippen LogP contribution in [0, 0.1) is 0 Å². The van der Waals surface area contributed by atoms with E-state index in [0.29, 0.717) is 19.2 Å². The van der Waals surface area contributed by atoms with Gasteiger partial charge < -0.3 is 20.1 Å². The standard InChI is InChI=1S/C13H22N4O2/c1-2-3-14-6-11-7-15-13(16-8-11)17-4-5-19-10-12(17)9-18/h7-8,12,14,18H,2-6,9-10H2,1H3. The molecule has 1 unspecified atom stereocenters. The van der Waals surface area contributed by atoms with Crippen molar-refractivity contribution in [1.82, 2.24) is 15.3 Å². The van der Waals surface area contributed by atoms with Crippen molar-refractivity contribution in [2.45, 2.75) is 25.9 Å². The Bertz CT molecular complexity index is 371. The molecule has 0 amide bonds. The van der Waals surface area contributed by atoms with E-state index in [1.807, 2.05) is 17.3 Å². The zero-order chi connectivity index (χ0) is 13.5. The summed E-state index contributed by atoms with van der Waals surface area (Å²) in [5, 5.41) is 12.7. The number of aromatic nitrogens is 2. The summed E-state index contributed by atoms with van der Waals surface area (Å²) in [6.45, 7) is 5.89. The number of morpholine rings is 1. The number of ether oxygens (including phenoxy) is 1. The molecule has 0 bridgehead atoms. The van der Waals surface area contributed by atoms with Crippen LogP contribution in [0.2, 0.25) is 0 Å². The van der Waals surface area contributed by atoms with Gasteiger partial charge in [0.1, 0.15) is 0 Å². The van der Waals surface area contributed by atoms with Crippen LogP contribution in [-0.4, -0.2) is 54.0 Å². The number of anilines is 1. The van der Waals surface area contributed by atoms with Crippen molar-refractivity contribution in [2.75, 3.05) is 37.8 Å². The van der Waals surface area contributed by atoms with Gasteiger partial charge >= 0.3 is 0 Å². The van der Waals surface area contributed by atoms with Crippen LogP contribution >= 0.6 is 0 Å². The molecule has 19 heavy (non-hydrogen) atoms. The highest BCUT2D eigenvalue weighted by molar-refractivity contribution is 5.32. The smallest absolute Gasteiger partial charge is 0.225 e. The van der Waals surface area contributed by atoms with Crippen LogP contribution in [-0.2, 0) is 11.3 Å². The lowest BCUT2D eigenvalue weighted by atomic mass is 10.2. The summed E-state index contributed by atoms with van der Waals surface area (Å²) in [7, 11) is 0. The molecule has 2 rings (SSSR count). The maximum Gasteiger partial charge on any atom is 0.225 e. The van der Waals surface area contributed by atoms with Gasteiger partial charge in [0.2, 0.25) is 5.95 Å². The minimum atomic E-state index is -0.0437. The van der Waals surface area contributed by atoms with Crippen molar-refractivity contribution in [3.63, 3.8) is 0 Å². The van der Waals surface area contributed by atoms with Crippen LogP contribution in [0.3, 0.4) is 0 Å². The van der Waals surface area contributed by atoms with E-state index < -0.39 is 0 Å². The molecule has 2 N–H and O–H groups in total. The van der Waals surface area contributed by atoms with Crippen molar-refractivity contribution in [3.05, 3.63) is 18.0 Å². The predicted octanol–water partition coefficient (Wildman–Crippen LogP) is 0.174. The van der Waals surface area contributed by atoms with Gasteiger partial charge in [-0.1, -0.05) is 6.92 Å². The first-order valence-corrected chi connectivity index (χ1v) is 6.82. The molecule has 2 heterocycles. The van der Waals surface area contributed by atoms with Gasteiger partial charge in [0, 0.05) is 31.0 Å². The second-order valence-electron chi connectivity index (χ2n) is 4.67. The molecule has 0 saturated carbocycles. The molecule has 6 heteroatoms. The molecule has 106 valence electrons. The Morgan fingerprint density at radius 2 is 2.26 bits per heavy atom. The molecule has 1 atom stereocenters. The molecule has 0 radical (unpaired) electrons. The lowest BCUT2D eigenvalue weighted by Crippen LogP contribution is -2.48. The lowest BCUT2D eigenvalue weighted by Gasteiger charge is -2.34. The second-order valence-corrected chi connectivity index (χ2v) is 4.67. The summed E-state index contributed by atoms with van der Waals surface area (Å²) in [5.41, 5.74) is 1.08. The SMILES string of the molecule is CCCNCc1cnc(N2CCOCC2CO)nc1. The number of rotatable bonds is 6. The highest BCUT2D eigenvalue weighted by Crippen LogP contribution is 2.14. The highest BCUT2D eigenvalue weighted by atomic mass is 16.5. The summed E-state index contributed by atoms with van der Waals surface area (Å²) in [4.78, 5) is 10.8. The third-order valence-electron chi connectivity index (χ3n) is 3.14. The predicted molar refractivity (Wildman–Crippen MR) is 73.1 cm³/mol. The molecule has 1 aliphatic heterocycles. The van der Waals surface area contributed by atoms with Crippen LogP contribution in [0.5, 0.6) is 0 Å². The number of nitrogens with one attached hydrogen (secondary N) is 1. The van der Waals surface area contributed by atoms with E-state index in [-0.39, 0.29) is 12.6 Å². The van der Waals surface area contributed by atoms with E-state index in [1.54, 1.807) is 0 Å². The zero-order valence-electron chi connectivity index (χ0n) is 11.4. The second kappa shape index (κ2) is 7.37. The Balaban J connectivity index is 1.96. The zero-order valence-corrected chi connectivity index (χ0v) is 11.4. The first-order chi connectivity index (χ1) is 9.35. The van der Waals surface area contributed by atoms with Gasteiger partial charge in [-0.25, -0.2) is 9.97 Å². The molecule has 1 fully saturated rings. The van der Waals surface area contributed by atoms with Gasteiger partial charge in [-0.15, -0.1) is 0 Å². The monoisotopic (exact) mass is 266 g/mol. The van der Waals surface area contributed by atoms with Crippen LogP contribution in [0.4, 0.5) is 5.95 Å². The van der Waals surface area contributed by atoms with Gasteiger partial charge in [-0.05, 0) is 13.0 Å². The Hall–Kier alpha value is -1.24. The molecule has 1 aliphatic rings. The van der Waals surface area contributed by atoms with Crippen molar-refractivity contribution >= 4 is 5.95 Å². The Morgan fingerprint density at radius 3 is 2.95 bits per heavy atom. The summed E-state index contributed by atoms with van der Waals surface area (Å²) < 4.78 is 5.35. The van der Waals surface area contributed by atoms with E-state index in [4.69, 9.17) is 4.74 Å². The average molecular weight is 266 g/mol. The lowest BCUT2D eigenvalue weighted by molar-refractivity contribution is 0.0718. The Morgan fingerprint density at radius 1 is 1.47 bits per heavy atom. The van der Waals surface area contributed by atoms with E-state index in [0.717, 1.165) is 31.6 Å². The van der Waals surface area contributed by atoms with E-state index in [9.17, 15) is 5.11 Å². The normalized spacial score (nSPS) is 19.7. The molecule has 6 nitrogen and oxygen atoms in total. The minimum Gasteiger partial charge on any atom is -0.394 e. The van der Waals surface area contributed by atoms with Crippen LogP contribution in [0.1, 0.15) is 18.9 Å². The quantitative estimate of drug-likeness (QED) is 0.716. The largest absolute Gasteiger partial charge is 0.394 e. The van der Waals surface area contributed by atoms with Crippen molar-refractivity contribution in [1.29, 1.82) is 0 Å². The maximum absolute atomic E-state index is 9.33. The van der Waals surface area contributed by atoms with Crippen molar-refractivity contribution in [2.24, 2.45) is 0 Å². The molecular formula is C13H22N4O2. The molecule has 1 saturated heterocycles. The molecule has 0 spiro atoms. The Kier molecular flexibility index (Phi) is 5.50. The summed E-state index contributed by atoms with van der Waals surface area (Å²) in [5.74, 6) is 0.668. The number of aliphatic hydroxyl groups is 1. The van der Waals surface area contributed by atoms with E-state index in [2.05, 4.69) is 22.2 Å². The fourth-order valence-electron chi connectivity index (χ4n) is 2.07. The van der Waals surface area contributed by atoms with Gasteiger partial charge in [0.15, 0.2) is 0 Å². The fraction of sp³-hybridized carbons (Fsp3) is 0.692. The summed E-state index contributed by atoms with van der Waals surface area (Å²) in [6, 6.07) is -0.0437. The number of hydrogen-bond acceptors (Lipinski definition) is 6. The summed E-state index contributed by atoms with van der Waals surface area (Å²) >= 11 is 0. The first kappa shape index (κ1) is 14.2. The average Bonchev–Trinajstić information content (AvgIpc) is 2.48. The highest BCUT2D eigenvalue weighted by Gasteiger charge is 2.24. The molecule has 0 aliphatic carbocycles. The van der Waals surface area contributed by atoms with E-state index >= 15 is 0 Å². The van der Waals surface area contributed by atoms with Crippen LogP contribution in [0.25, 0.3) is 0 Å². The molecule has 1 aromatic rings. The molecule has 0 aromatic carbocycles. The third kappa shape index (κ3) is 3.86. The molecule has 1 aromatic heterocycles. The third-order valence-corrected chi connectivity index (χ3v) is 3.14. The number of hydrogen-bond donors (Lipinski definition) is 2. The first-order valence-electron chi connectivity index (χ1n) is 6.82. The Labute approximate surface area is 113 Å². The molecular weight excluding hydrogens is 244 g/mol. The maximum atomic E-state index is 9.33. The fourth-order valence-corrected chi connectivity index (χ4v) is 2.07. The van der Waals surface area contributed by atoms with E-state index in [1.165, 1.54) is 0 Å². The van der Waals surface area contributed by atoms with Gasteiger partial charge in [-0.3, -0.25) is 0 Å². The topological polar surface area (TPSA) is 70.5 Å². The van der Waals surface area contributed by atoms with Gasteiger partial charge in [-0.2, -0.15) is 0 Å². The van der Waals surface area contributed by atoms with Crippen molar-refractivity contribution in [3.8, 4) is 0 Å². The number of nitrogens with zero attached hydrogens (tertiary/aromatic N) is 3. The summed E-state index contributed by atoms with van der Waals surface area (Å²) in [6.07, 6.45) is 4.80. The van der Waals surface area contributed by atoms with Gasteiger partial charge in [0.05, 0.1) is 25.9 Å². The van der Waals surface area contributed by atoms with Crippen molar-refractivity contribution < 1.29 is 9.84 Å². The van der Waals surface area contributed by atoms with Gasteiger partial charge in [0.25, 0.3) is 0 Å². The van der Waals surface area contributed by atoms with Crippen LogP contribution in [0.15, 0.2) is 12.4 Å².